The average Bonchev–Trinajstić information content (AvgIpc) is 2.98. The standard InChI is InChI=1S/C19H27N5O2.ClH/c1-13-7-18(8-14(2)20-13)26-12-16-5-4-6-24(10-16)11-17-9-19(23-22-17)21-15(3)25;/h7-9,16H,4-6,10-12H2,1-3H3,(H2,21,22,23,25);1H. The number of piperidine rings is 1. The van der Waals surface area contributed by atoms with E-state index in [0.29, 0.717) is 11.7 Å². The summed E-state index contributed by atoms with van der Waals surface area (Å²) in [4.78, 5) is 17.9. The fraction of sp³-hybridized carbons (Fsp3) is 0.526. The number of ether oxygens (including phenoxy) is 1. The smallest absolute Gasteiger partial charge is 0.222 e. The maximum absolute atomic E-state index is 11.1. The molecule has 1 aliphatic rings. The largest absolute Gasteiger partial charge is 0.493 e. The maximum atomic E-state index is 11.1. The molecule has 1 aliphatic heterocycles. The number of carbonyl (C=O) groups excluding carboxylic acids is 1. The van der Waals surface area contributed by atoms with E-state index in [1.807, 2.05) is 32.0 Å². The molecule has 1 amide bonds. The Hall–Kier alpha value is -2.12. The third-order valence-electron chi connectivity index (χ3n) is 4.47. The molecule has 0 saturated carbocycles. The van der Waals surface area contributed by atoms with Crippen molar-refractivity contribution in [1.82, 2.24) is 20.1 Å². The van der Waals surface area contributed by atoms with Crippen LogP contribution in [0.3, 0.4) is 0 Å². The van der Waals surface area contributed by atoms with Crippen molar-refractivity contribution in [3.63, 3.8) is 0 Å². The summed E-state index contributed by atoms with van der Waals surface area (Å²) in [5, 5.41) is 9.81. The Balaban J connectivity index is 0.00000261. The van der Waals surface area contributed by atoms with Gasteiger partial charge in [0.2, 0.25) is 5.91 Å². The topological polar surface area (TPSA) is 83.1 Å². The number of likely N-dealkylation sites (tertiary alicyclic amines) is 1. The summed E-state index contributed by atoms with van der Waals surface area (Å²) < 4.78 is 6.02. The predicted molar refractivity (Wildman–Crippen MR) is 107 cm³/mol. The average molecular weight is 394 g/mol. The van der Waals surface area contributed by atoms with Gasteiger partial charge in [-0.1, -0.05) is 0 Å². The van der Waals surface area contributed by atoms with E-state index in [1.54, 1.807) is 0 Å². The van der Waals surface area contributed by atoms with Gasteiger partial charge in [0.05, 0.1) is 12.3 Å². The number of H-pyrrole nitrogens is 1. The van der Waals surface area contributed by atoms with Crippen molar-refractivity contribution < 1.29 is 9.53 Å². The molecule has 0 aromatic carbocycles. The van der Waals surface area contributed by atoms with E-state index in [1.165, 1.54) is 13.3 Å². The Morgan fingerprint density at radius 2 is 2.07 bits per heavy atom. The van der Waals surface area contributed by atoms with Gasteiger partial charge in [0.15, 0.2) is 5.82 Å². The SMILES string of the molecule is CC(=O)Nc1cc(CN2CCCC(COc3cc(C)nc(C)c3)C2)[nH]n1.Cl. The molecular formula is C19H28ClN5O2. The number of nitrogens with zero attached hydrogens (tertiary/aromatic N) is 3. The molecule has 3 heterocycles. The molecule has 2 aromatic heterocycles. The first kappa shape index (κ1) is 21.2. The van der Waals surface area contributed by atoms with Gasteiger partial charge in [0.25, 0.3) is 0 Å². The van der Waals surface area contributed by atoms with Gasteiger partial charge in [0, 0.05) is 55.5 Å². The minimum absolute atomic E-state index is 0. The van der Waals surface area contributed by atoms with Crippen molar-refractivity contribution in [3.8, 4) is 5.75 Å². The highest BCUT2D eigenvalue weighted by molar-refractivity contribution is 5.87. The van der Waals surface area contributed by atoms with Crippen LogP contribution in [-0.4, -0.2) is 45.7 Å². The van der Waals surface area contributed by atoms with Gasteiger partial charge < -0.3 is 10.1 Å². The first-order valence-corrected chi connectivity index (χ1v) is 9.10. The van der Waals surface area contributed by atoms with E-state index in [2.05, 4.69) is 25.4 Å². The quantitative estimate of drug-likeness (QED) is 0.787. The number of aromatic nitrogens is 3. The number of anilines is 1. The van der Waals surface area contributed by atoms with Gasteiger partial charge >= 0.3 is 0 Å². The number of nitrogens with one attached hydrogen (secondary N) is 2. The van der Waals surface area contributed by atoms with E-state index in [0.717, 1.165) is 55.5 Å². The lowest BCUT2D eigenvalue weighted by Crippen LogP contribution is -2.37. The van der Waals surface area contributed by atoms with Crippen molar-refractivity contribution in [3.05, 3.63) is 35.3 Å². The van der Waals surface area contributed by atoms with Crippen molar-refractivity contribution >= 4 is 24.1 Å². The number of pyridine rings is 1. The van der Waals surface area contributed by atoms with Gasteiger partial charge in [0.1, 0.15) is 5.75 Å². The Kier molecular flexibility index (Phi) is 7.62. The molecule has 0 spiro atoms. The van der Waals surface area contributed by atoms with E-state index < -0.39 is 0 Å². The molecule has 1 fully saturated rings. The number of rotatable bonds is 6. The molecule has 1 unspecified atom stereocenters. The molecule has 148 valence electrons. The van der Waals surface area contributed by atoms with Gasteiger partial charge in [-0.25, -0.2) is 0 Å². The molecular weight excluding hydrogens is 366 g/mol. The predicted octanol–water partition coefficient (Wildman–Crippen LogP) is 3.09. The number of amides is 1. The summed E-state index contributed by atoms with van der Waals surface area (Å²) in [5.74, 6) is 1.88. The minimum atomic E-state index is -0.111. The van der Waals surface area contributed by atoms with E-state index in [9.17, 15) is 4.79 Å². The van der Waals surface area contributed by atoms with Crippen LogP contribution in [-0.2, 0) is 11.3 Å². The molecule has 7 nitrogen and oxygen atoms in total. The molecule has 27 heavy (non-hydrogen) atoms. The molecule has 0 bridgehead atoms. The van der Waals surface area contributed by atoms with Crippen molar-refractivity contribution in [2.75, 3.05) is 25.0 Å². The normalized spacial score (nSPS) is 17.2. The minimum Gasteiger partial charge on any atom is -0.493 e. The first-order valence-electron chi connectivity index (χ1n) is 9.10. The summed E-state index contributed by atoms with van der Waals surface area (Å²) >= 11 is 0. The Morgan fingerprint density at radius 1 is 1.33 bits per heavy atom. The highest BCUT2D eigenvalue weighted by Crippen LogP contribution is 2.21. The van der Waals surface area contributed by atoms with Crippen molar-refractivity contribution in [2.24, 2.45) is 5.92 Å². The van der Waals surface area contributed by atoms with E-state index in [4.69, 9.17) is 4.74 Å². The van der Waals surface area contributed by atoms with Crippen LogP contribution in [0.2, 0.25) is 0 Å². The van der Waals surface area contributed by atoms with Crippen LogP contribution in [0, 0.1) is 19.8 Å². The summed E-state index contributed by atoms with van der Waals surface area (Å²) in [5.41, 5.74) is 2.98. The third kappa shape index (κ3) is 6.52. The summed E-state index contributed by atoms with van der Waals surface area (Å²) in [6, 6.07) is 5.87. The second kappa shape index (κ2) is 9.71. The van der Waals surface area contributed by atoms with Crippen LogP contribution >= 0.6 is 12.4 Å². The van der Waals surface area contributed by atoms with Crippen LogP contribution in [0.1, 0.15) is 36.8 Å². The van der Waals surface area contributed by atoms with Crippen molar-refractivity contribution in [1.29, 1.82) is 0 Å². The lowest BCUT2D eigenvalue weighted by atomic mass is 9.99. The van der Waals surface area contributed by atoms with Crippen LogP contribution in [0.5, 0.6) is 5.75 Å². The number of hydrogen-bond acceptors (Lipinski definition) is 5. The Labute approximate surface area is 166 Å². The number of carbonyl (C=O) groups is 1. The fourth-order valence-electron chi connectivity index (χ4n) is 3.45. The number of hydrogen-bond donors (Lipinski definition) is 2. The molecule has 8 heteroatoms. The van der Waals surface area contributed by atoms with Gasteiger partial charge in [-0.2, -0.15) is 5.10 Å². The zero-order chi connectivity index (χ0) is 18.5. The Morgan fingerprint density at radius 3 is 2.78 bits per heavy atom. The third-order valence-corrected chi connectivity index (χ3v) is 4.47. The molecule has 0 aliphatic carbocycles. The highest BCUT2D eigenvalue weighted by atomic mass is 35.5. The second-order valence-corrected chi connectivity index (χ2v) is 7.10. The molecule has 3 rings (SSSR count). The van der Waals surface area contributed by atoms with Crippen LogP contribution in [0.25, 0.3) is 0 Å². The lowest BCUT2D eigenvalue weighted by molar-refractivity contribution is -0.114. The van der Waals surface area contributed by atoms with Crippen LogP contribution in [0.15, 0.2) is 18.2 Å². The number of aryl methyl sites for hydroxylation is 2. The lowest BCUT2D eigenvalue weighted by Gasteiger charge is -2.32. The van der Waals surface area contributed by atoms with Crippen LogP contribution in [0.4, 0.5) is 5.82 Å². The highest BCUT2D eigenvalue weighted by Gasteiger charge is 2.21. The molecule has 2 aromatic rings. The summed E-state index contributed by atoms with van der Waals surface area (Å²) in [6.07, 6.45) is 2.34. The molecule has 2 N–H and O–H groups in total. The Bertz CT molecular complexity index is 744. The maximum Gasteiger partial charge on any atom is 0.222 e. The van der Waals surface area contributed by atoms with Gasteiger partial charge in [-0.05, 0) is 33.2 Å². The summed E-state index contributed by atoms with van der Waals surface area (Å²) in [7, 11) is 0. The molecule has 1 atom stereocenters. The van der Waals surface area contributed by atoms with E-state index >= 15 is 0 Å². The molecule has 0 radical (unpaired) electrons. The van der Waals surface area contributed by atoms with E-state index in [-0.39, 0.29) is 18.3 Å². The number of aromatic amines is 1. The zero-order valence-electron chi connectivity index (χ0n) is 16.1. The zero-order valence-corrected chi connectivity index (χ0v) is 16.9. The second-order valence-electron chi connectivity index (χ2n) is 7.10. The monoisotopic (exact) mass is 393 g/mol. The van der Waals surface area contributed by atoms with Gasteiger partial charge in [-0.15, -0.1) is 12.4 Å². The van der Waals surface area contributed by atoms with Crippen LogP contribution < -0.4 is 10.1 Å². The van der Waals surface area contributed by atoms with Gasteiger partial charge in [-0.3, -0.25) is 19.8 Å². The summed E-state index contributed by atoms with van der Waals surface area (Å²) in [6.45, 7) is 9.05. The number of halogens is 1. The first-order chi connectivity index (χ1) is 12.5. The fourth-order valence-corrected chi connectivity index (χ4v) is 3.45. The molecule has 1 saturated heterocycles. The van der Waals surface area contributed by atoms with Crippen molar-refractivity contribution in [2.45, 2.75) is 40.2 Å².